The molecule has 0 aliphatic heterocycles. The lowest BCUT2D eigenvalue weighted by Crippen LogP contribution is -2.30. The Hall–Kier alpha value is -4.79. The van der Waals surface area contributed by atoms with Crippen molar-refractivity contribution in [1.29, 1.82) is 0 Å². The minimum atomic E-state index is -4.08. The molecule has 0 bridgehead atoms. The third-order valence-electron chi connectivity index (χ3n) is 10.7. The predicted octanol–water partition coefficient (Wildman–Crippen LogP) is 6.93. The van der Waals surface area contributed by atoms with Crippen molar-refractivity contribution in [2.75, 3.05) is 118 Å². The van der Waals surface area contributed by atoms with Crippen LogP contribution in [-0.2, 0) is 78.9 Å². The fourth-order valence-electron chi connectivity index (χ4n) is 7.41. The summed E-state index contributed by atoms with van der Waals surface area (Å²) >= 11 is 0. The highest BCUT2D eigenvalue weighted by Gasteiger charge is 2.23. The maximum Gasteiger partial charge on any atom is 0.471 e. The molecule has 2 aromatic carbocycles. The summed E-state index contributed by atoms with van der Waals surface area (Å²) in [6.07, 6.45) is 2.81. The zero-order chi connectivity index (χ0) is 51.6. The van der Waals surface area contributed by atoms with Gasteiger partial charge in [0, 0.05) is 57.6 Å². The van der Waals surface area contributed by atoms with Crippen molar-refractivity contribution in [2.45, 2.75) is 51.9 Å². The molecule has 0 amide bonds. The van der Waals surface area contributed by atoms with Crippen LogP contribution in [-0.4, -0.2) is 148 Å². The second kappa shape index (κ2) is 31.6. The average molecular weight is 1020 g/mol. The molecule has 0 saturated heterocycles. The number of hydrogen-bond acceptors (Lipinski definition) is 22. The van der Waals surface area contributed by atoms with Gasteiger partial charge in [-0.3, -0.25) is 23.9 Å². The summed E-state index contributed by atoms with van der Waals surface area (Å²) in [5, 5.41) is 0. The van der Waals surface area contributed by atoms with E-state index in [-0.39, 0.29) is 46.6 Å². The fraction of sp³-hybridized carbons (Fsp3) is 0.532. The maximum absolute atomic E-state index is 11.9. The van der Waals surface area contributed by atoms with E-state index in [1.165, 1.54) is 28.4 Å². The third-order valence-corrected chi connectivity index (χ3v) is 11.6. The van der Waals surface area contributed by atoms with Crippen molar-refractivity contribution < 1.29 is 86.0 Å². The number of aromatic nitrogens is 2. The molecule has 2 aromatic heterocycles. The number of hydrogen-bond donors (Lipinski definition) is 1. The van der Waals surface area contributed by atoms with E-state index in [0.29, 0.717) is 94.5 Å². The first-order valence-electron chi connectivity index (χ1n) is 22.3. The lowest BCUT2D eigenvalue weighted by atomic mass is 10.0. The largest absolute Gasteiger partial charge is 0.496 e. The number of ether oxygens (including phenoxy) is 6. The first-order valence-corrected chi connectivity index (χ1v) is 23.8. The molecule has 4 aromatic rings. The summed E-state index contributed by atoms with van der Waals surface area (Å²) in [5.41, 5.74) is 5.62. The molecular weight excluding hydrogens is 954 g/mol. The smallest absolute Gasteiger partial charge is 0.471 e. The van der Waals surface area contributed by atoms with Gasteiger partial charge in [-0.15, -0.1) is 0 Å². The van der Waals surface area contributed by atoms with Crippen LogP contribution in [0.3, 0.4) is 0 Å². The molecular formula is C47H70N5O18P. The number of nitrogens with zero attached hydrogens (tertiary/aromatic N) is 5. The Morgan fingerprint density at radius 3 is 1.10 bits per heavy atom. The quantitative estimate of drug-likeness (QED) is 0.0159. The van der Waals surface area contributed by atoms with Crippen LogP contribution < -0.4 is 28.4 Å². The van der Waals surface area contributed by atoms with E-state index in [4.69, 9.17) is 82.0 Å². The molecule has 1 unspecified atom stereocenters. The second-order valence-corrected chi connectivity index (χ2v) is 17.0. The third kappa shape index (κ3) is 19.0. The van der Waals surface area contributed by atoms with Crippen molar-refractivity contribution in [3.8, 4) is 56.8 Å². The normalized spacial score (nSPS) is 12.4. The number of phosphoric ester groups is 1. The molecule has 0 spiro atoms. The van der Waals surface area contributed by atoms with E-state index in [1.807, 2.05) is 24.3 Å². The van der Waals surface area contributed by atoms with Gasteiger partial charge < -0.3 is 33.3 Å². The van der Waals surface area contributed by atoms with Gasteiger partial charge in [-0.2, -0.15) is 0 Å². The molecule has 0 saturated carbocycles. The number of pyridine rings is 2. The van der Waals surface area contributed by atoms with Gasteiger partial charge in [0.15, 0.2) is 0 Å². The van der Waals surface area contributed by atoms with E-state index >= 15 is 0 Å². The number of benzene rings is 2. The Labute approximate surface area is 415 Å². The van der Waals surface area contributed by atoms with Gasteiger partial charge in [0.05, 0.1) is 112 Å². The highest BCUT2D eigenvalue weighted by Crippen LogP contribution is 2.44. The lowest BCUT2D eigenvalue weighted by molar-refractivity contribution is -0.335. The van der Waals surface area contributed by atoms with E-state index in [9.17, 15) is 9.46 Å². The second-order valence-electron chi connectivity index (χ2n) is 15.4. The van der Waals surface area contributed by atoms with Crippen molar-refractivity contribution in [3.05, 3.63) is 71.3 Å². The van der Waals surface area contributed by atoms with Crippen molar-refractivity contribution in [1.82, 2.24) is 24.7 Å². The molecule has 0 radical (unpaired) electrons. The van der Waals surface area contributed by atoms with Crippen LogP contribution in [0, 0.1) is 0 Å². The average Bonchev–Trinajstić information content (AvgIpc) is 3.38. The van der Waals surface area contributed by atoms with Gasteiger partial charge in [-0.1, -0.05) is 12.8 Å². The lowest BCUT2D eigenvalue weighted by Gasteiger charge is -2.25. The van der Waals surface area contributed by atoms with E-state index in [2.05, 4.69) is 9.42 Å². The van der Waals surface area contributed by atoms with Crippen molar-refractivity contribution in [2.24, 2.45) is 0 Å². The Morgan fingerprint density at radius 2 is 0.789 bits per heavy atom. The summed E-state index contributed by atoms with van der Waals surface area (Å²) in [6.45, 7) is 2.03. The Balaban J connectivity index is 1.89. The predicted molar refractivity (Wildman–Crippen MR) is 257 cm³/mol. The van der Waals surface area contributed by atoms with Crippen LogP contribution in [0.25, 0.3) is 22.3 Å². The molecule has 0 aliphatic carbocycles. The molecule has 1 atom stereocenters. The molecule has 4 rings (SSSR count). The molecule has 0 fully saturated rings. The molecule has 0 aliphatic rings. The van der Waals surface area contributed by atoms with Crippen LogP contribution in [0.4, 0.5) is 0 Å². The monoisotopic (exact) mass is 1020 g/mol. The van der Waals surface area contributed by atoms with Crippen molar-refractivity contribution in [3.63, 3.8) is 0 Å². The molecule has 1 N–H and O–H groups in total. The zero-order valence-electron chi connectivity index (χ0n) is 42.6. The number of unbranched alkanes of at least 4 members (excludes halogenated alkanes) is 3. The standard InChI is InChI=1S/C47H70N5O18P/c1-55-40-22-42(57-3)46(43(23-40)58-4)34-18-36(48-38(20-34)28-51(30-66-61-7)31-67-62-8)26-50(16-14-12-13-15-17-70-71(53,54)65-11)27-37-19-35(47-44(59-5)24-41(56-2)25-45(47)60-6)21-39(49-37)29-52(32-68-63-9)33-69-64-10/h18-25H,12-17,26-33H2,1-11H3,(H,53,54). The topological polar surface area (TPSA) is 220 Å². The molecule has 396 valence electrons. The number of rotatable bonds is 37. The number of methoxy groups -OCH3 is 6. The molecule has 23 nitrogen and oxygen atoms in total. The van der Waals surface area contributed by atoms with Gasteiger partial charge in [-0.05, 0) is 54.8 Å². The zero-order valence-corrected chi connectivity index (χ0v) is 43.5. The van der Waals surface area contributed by atoms with Crippen LogP contribution in [0.5, 0.6) is 34.5 Å². The Bertz CT molecular complexity index is 2040. The first-order chi connectivity index (χ1) is 34.4. The summed E-state index contributed by atoms with van der Waals surface area (Å²) < 4.78 is 56.3. The van der Waals surface area contributed by atoms with Crippen LogP contribution >= 0.6 is 7.82 Å². The summed E-state index contributed by atoms with van der Waals surface area (Å²) in [6, 6.07) is 15.1. The number of phosphoric acid groups is 1. The van der Waals surface area contributed by atoms with Crippen LogP contribution in [0.2, 0.25) is 0 Å². The van der Waals surface area contributed by atoms with Crippen molar-refractivity contribution >= 4 is 7.82 Å². The van der Waals surface area contributed by atoms with Gasteiger partial charge in [0.25, 0.3) is 0 Å². The Kier molecular flexibility index (Phi) is 26.2. The highest BCUT2D eigenvalue weighted by molar-refractivity contribution is 7.47. The molecule has 2 heterocycles. The SMILES string of the molecule is COOCN(COOC)Cc1cc(-c2c(OC)cc(OC)cc2OC)cc(CN(CCCCCCOP(=O)(O)OC)Cc2cc(-c3c(OC)cc(OC)cc3OC)cc(CN(COOC)COOC)n2)n1. The first kappa shape index (κ1) is 58.8. The van der Waals surface area contributed by atoms with Crippen LogP contribution in [0.15, 0.2) is 48.5 Å². The maximum atomic E-state index is 11.9. The molecule has 71 heavy (non-hydrogen) atoms. The highest BCUT2D eigenvalue weighted by atomic mass is 31.2. The minimum absolute atomic E-state index is 0.0372. The summed E-state index contributed by atoms with van der Waals surface area (Å²) in [5.74, 6) is 3.20. The van der Waals surface area contributed by atoms with Gasteiger partial charge in [-0.25, -0.2) is 53.5 Å². The summed E-state index contributed by atoms with van der Waals surface area (Å²) in [4.78, 5) is 66.8. The van der Waals surface area contributed by atoms with Gasteiger partial charge >= 0.3 is 7.82 Å². The van der Waals surface area contributed by atoms with Crippen LogP contribution in [0.1, 0.15) is 48.5 Å². The fourth-order valence-corrected chi connectivity index (χ4v) is 7.88. The Morgan fingerprint density at radius 1 is 0.451 bits per heavy atom. The molecule has 24 heteroatoms. The van der Waals surface area contributed by atoms with E-state index in [0.717, 1.165) is 37.5 Å². The van der Waals surface area contributed by atoms with E-state index in [1.54, 1.807) is 76.7 Å². The summed E-state index contributed by atoms with van der Waals surface area (Å²) in [7, 11) is 12.2. The van der Waals surface area contributed by atoms with Gasteiger partial charge in [0.1, 0.15) is 61.4 Å². The van der Waals surface area contributed by atoms with E-state index < -0.39 is 7.82 Å². The van der Waals surface area contributed by atoms with Gasteiger partial charge in [0.2, 0.25) is 0 Å². The minimum Gasteiger partial charge on any atom is -0.496 e.